The average molecular weight is 367 g/mol. The number of halogens is 1. The molecule has 2 aromatic carbocycles. The van der Waals surface area contributed by atoms with Crippen molar-refractivity contribution in [1.29, 1.82) is 0 Å². The summed E-state index contributed by atoms with van der Waals surface area (Å²) in [5.41, 5.74) is 2.07. The molecule has 0 atom stereocenters. The van der Waals surface area contributed by atoms with Gasteiger partial charge in [0.05, 0.1) is 4.90 Å². The van der Waals surface area contributed by atoms with E-state index in [4.69, 9.17) is 11.6 Å². The van der Waals surface area contributed by atoms with Crippen LogP contribution < -0.4 is 5.32 Å². The summed E-state index contributed by atoms with van der Waals surface area (Å²) in [5.74, 6) is 0. The highest BCUT2D eigenvalue weighted by atomic mass is 35.5. The van der Waals surface area contributed by atoms with Crippen molar-refractivity contribution in [3.05, 3.63) is 64.7 Å². The molecule has 24 heavy (non-hydrogen) atoms. The maximum absolute atomic E-state index is 12.4. The molecule has 130 valence electrons. The monoisotopic (exact) mass is 366 g/mol. The Bertz CT molecular complexity index is 757. The van der Waals surface area contributed by atoms with E-state index >= 15 is 0 Å². The Labute approximate surface area is 149 Å². The molecule has 0 heterocycles. The smallest absolute Gasteiger partial charge is 0.243 e. The topological polar surface area (TPSA) is 49.4 Å². The molecule has 0 aliphatic heterocycles. The third-order valence-electron chi connectivity index (χ3n) is 3.87. The number of sulfonamides is 1. The minimum absolute atomic E-state index is 0.334. The van der Waals surface area contributed by atoms with Gasteiger partial charge in [-0.15, -0.1) is 0 Å². The normalized spacial score (nSPS) is 11.8. The first kappa shape index (κ1) is 18.9. The van der Waals surface area contributed by atoms with Gasteiger partial charge in [-0.25, -0.2) is 8.42 Å². The van der Waals surface area contributed by atoms with Crippen molar-refractivity contribution in [3.63, 3.8) is 0 Å². The van der Waals surface area contributed by atoms with Gasteiger partial charge in [0, 0.05) is 31.2 Å². The summed E-state index contributed by atoms with van der Waals surface area (Å²) < 4.78 is 26.3. The summed E-state index contributed by atoms with van der Waals surface area (Å²) in [6.45, 7) is 5.94. The van der Waals surface area contributed by atoms with Crippen LogP contribution in [-0.4, -0.2) is 25.8 Å². The highest BCUT2D eigenvalue weighted by molar-refractivity contribution is 7.89. The van der Waals surface area contributed by atoms with Crippen LogP contribution in [0.2, 0.25) is 5.02 Å². The van der Waals surface area contributed by atoms with E-state index in [0.29, 0.717) is 31.1 Å². The van der Waals surface area contributed by atoms with Crippen LogP contribution in [0.25, 0.3) is 0 Å². The number of hydrogen-bond acceptors (Lipinski definition) is 3. The number of nitrogens with zero attached hydrogens (tertiary/aromatic N) is 1. The second kappa shape index (κ2) is 8.62. The van der Waals surface area contributed by atoms with Crippen molar-refractivity contribution < 1.29 is 8.42 Å². The molecule has 0 radical (unpaired) electrons. The molecule has 4 nitrogen and oxygen atoms in total. The summed E-state index contributed by atoms with van der Waals surface area (Å²) in [5, 5.41) is 4.06. The quantitative estimate of drug-likeness (QED) is 0.775. The number of nitrogens with one attached hydrogen (secondary N) is 1. The van der Waals surface area contributed by atoms with E-state index in [9.17, 15) is 8.42 Å². The summed E-state index contributed by atoms with van der Waals surface area (Å²) in [6, 6.07) is 14.7. The van der Waals surface area contributed by atoms with E-state index in [0.717, 1.165) is 16.1 Å². The first-order valence-corrected chi connectivity index (χ1v) is 9.84. The van der Waals surface area contributed by atoms with Crippen molar-refractivity contribution in [3.8, 4) is 0 Å². The number of hydrogen-bond donors (Lipinski definition) is 1. The molecular formula is C18H23ClN2O2S. The molecule has 0 aromatic heterocycles. The Hall–Kier alpha value is -1.40. The molecule has 1 N–H and O–H groups in total. The first-order valence-electron chi connectivity index (χ1n) is 8.02. The second-order valence-corrected chi connectivity index (χ2v) is 7.77. The van der Waals surface area contributed by atoms with Crippen LogP contribution >= 0.6 is 11.6 Å². The van der Waals surface area contributed by atoms with Crippen molar-refractivity contribution in [2.75, 3.05) is 13.1 Å². The zero-order valence-corrected chi connectivity index (χ0v) is 15.6. The molecule has 0 unspecified atom stereocenters. The van der Waals surface area contributed by atoms with Gasteiger partial charge in [0.15, 0.2) is 0 Å². The largest absolute Gasteiger partial charge is 0.309 e. The van der Waals surface area contributed by atoms with Crippen LogP contribution in [0.15, 0.2) is 53.4 Å². The third kappa shape index (κ3) is 4.57. The van der Waals surface area contributed by atoms with Crippen LogP contribution in [0.4, 0.5) is 0 Å². The minimum atomic E-state index is -3.39. The molecule has 0 spiro atoms. The molecule has 2 aromatic rings. The highest BCUT2D eigenvalue weighted by Gasteiger charge is 2.20. The van der Waals surface area contributed by atoms with Gasteiger partial charge in [-0.3, -0.25) is 0 Å². The van der Waals surface area contributed by atoms with Crippen LogP contribution in [0.3, 0.4) is 0 Å². The molecule has 0 aliphatic carbocycles. The van der Waals surface area contributed by atoms with E-state index in [1.807, 2.05) is 50.2 Å². The Balaban J connectivity index is 1.99. The van der Waals surface area contributed by atoms with Gasteiger partial charge in [0.25, 0.3) is 0 Å². The van der Waals surface area contributed by atoms with Gasteiger partial charge >= 0.3 is 0 Å². The Morgan fingerprint density at radius 3 is 2.17 bits per heavy atom. The molecule has 0 saturated carbocycles. The fourth-order valence-corrected chi connectivity index (χ4v) is 4.14. The van der Waals surface area contributed by atoms with E-state index in [1.54, 1.807) is 12.1 Å². The molecular weight excluding hydrogens is 344 g/mol. The van der Waals surface area contributed by atoms with Crippen LogP contribution in [0.1, 0.15) is 25.0 Å². The Morgan fingerprint density at radius 2 is 1.58 bits per heavy atom. The lowest BCUT2D eigenvalue weighted by molar-refractivity contribution is 0.445. The maximum atomic E-state index is 12.4. The number of benzene rings is 2. The summed E-state index contributed by atoms with van der Waals surface area (Å²) in [7, 11) is -3.39. The van der Waals surface area contributed by atoms with Gasteiger partial charge in [0.2, 0.25) is 10.0 Å². The molecule has 6 heteroatoms. The number of rotatable bonds is 8. The molecule has 0 bridgehead atoms. The van der Waals surface area contributed by atoms with Crippen molar-refractivity contribution in [2.45, 2.75) is 31.8 Å². The molecule has 0 amide bonds. The zero-order valence-electron chi connectivity index (χ0n) is 14.0. The van der Waals surface area contributed by atoms with Gasteiger partial charge in [-0.2, -0.15) is 4.31 Å². The van der Waals surface area contributed by atoms with Crippen LogP contribution in [0.5, 0.6) is 0 Å². The zero-order chi connectivity index (χ0) is 17.6. The summed E-state index contributed by atoms with van der Waals surface area (Å²) in [6.07, 6.45) is 0. The fraction of sp³-hybridized carbons (Fsp3) is 0.333. The standard InChI is InChI=1S/C18H23ClN2O2S/c1-3-21(4-2)24(22,23)17-11-9-15(10-12-17)13-20-14-16-7-5-6-8-18(16)19/h5-12,20H,3-4,13-14H2,1-2H3. The van der Waals surface area contributed by atoms with Crippen LogP contribution in [-0.2, 0) is 23.1 Å². The van der Waals surface area contributed by atoms with Gasteiger partial charge in [-0.1, -0.05) is 55.8 Å². The predicted molar refractivity (Wildman–Crippen MR) is 98.5 cm³/mol. The van der Waals surface area contributed by atoms with Gasteiger partial charge in [0.1, 0.15) is 0 Å². The Morgan fingerprint density at radius 1 is 0.958 bits per heavy atom. The highest BCUT2D eigenvalue weighted by Crippen LogP contribution is 2.17. The maximum Gasteiger partial charge on any atom is 0.243 e. The van der Waals surface area contributed by atoms with E-state index < -0.39 is 10.0 Å². The van der Waals surface area contributed by atoms with Crippen LogP contribution in [0, 0.1) is 0 Å². The summed E-state index contributed by atoms with van der Waals surface area (Å²) in [4.78, 5) is 0.334. The summed E-state index contributed by atoms with van der Waals surface area (Å²) >= 11 is 6.12. The van der Waals surface area contributed by atoms with Crippen molar-refractivity contribution in [1.82, 2.24) is 9.62 Å². The van der Waals surface area contributed by atoms with Gasteiger partial charge < -0.3 is 5.32 Å². The average Bonchev–Trinajstić information content (AvgIpc) is 2.58. The molecule has 0 saturated heterocycles. The van der Waals surface area contributed by atoms with E-state index in [-0.39, 0.29) is 0 Å². The first-order chi connectivity index (χ1) is 11.5. The molecule has 2 rings (SSSR count). The second-order valence-electron chi connectivity index (χ2n) is 5.43. The lowest BCUT2D eigenvalue weighted by Crippen LogP contribution is -2.30. The lowest BCUT2D eigenvalue weighted by atomic mass is 10.2. The van der Waals surface area contributed by atoms with Crippen molar-refractivity contribution in [2.24, 2.45) is 0 Å². The molecule has 0 fully saturated rings. The lowest BCUT2D eigenvalue weighted by Gasteiger charge is -2.18. The molecule has 0 aliphatic rings. The minimum Gasteiger partial charge on any atom is -0.309 e. The van der Waals surface area contributed by atoms with Crippen molar-refractivity contribution >= 4 is 21.6 Å². The fourth-order valence-electron chi connectivity index (χ4n) is 2.48. The predicted octanol–water partition coefficient (Wildman–Crippen LogP) is 3.66. The van der Waals surface area contributed by atoms with E-state index in [1.165, 1.54) is 4.31 Å². The third-order valence-corrected chi connectivity index (χ3v) is 6.30. The SMILES string of the molecule is CCN(CC)S(=O)(=O)c1ccc(CNCc2ccccc2Cl)cc1. The van der Waals surface area contributed by atoms with Gasteiger partial charge in [-0.05, 0) is 29.3 Å². The Kier molecular flexibility index (Phi) is 6.80. The van der Waals surface area contributed by atoms with E-state index in [2.05, 4.69) is 5.32 Å².